The van der Waals surface area contributed by atoms with Crippen LogP contribution in [0.4, 0.5) is 5.69 Å². The molecule has 30 heavy (non-hydrogen) atoms. The van der Waals surface area contributed by atoms with Crippen molar-refractivity contribution in [3.05, 3.63) is 88.4 Å². The lowest BCUT2D eigenvalue weighted by Crippen LogP contribution is -2.12. The molecule has 4 rings (SSSR count). The first kappa shape index (κ1) is 19.8. The minimum Gasteiger partial charge on any atom is -0.466 e. The Morgan fingerprint density at radius 1 is 1.00 bits per heavy atom. The van der Waals surface area contributed by atoms with Crippen molar-refractivity contribution in [3.8, 4) is 23.1 Å². The van der Waals surface area contributed by atoms with Crippen molar-refractivity contribution >= 4 is 27.5 Å². The third kappa shape index (κ3) is 3.97. The first-order valence-electron chi connectivity index (χ1n) is 9.30. The summed E-state index contributed by atoms with van der Waals surface area (Å²) in [5.74, 6) is 0.508. The van der Waals surface area contributed by atoms with E-state index >= 15 is 0 Å². The number of carbonyl (C=O) groups is 1. The van der Waals surface area contributed by atoms with Crippen LogP contribution in [0.15, 0.2) is 77.3 Å². The Bertz CT molecular complexity index is 1200. The number of nitrogens with one attached hydrogen (secondary N) is 1. The lowest BCUT2D eigenvalue weighted by Gasteiger charge is -2.10. The second-order valence-corrected chi connectivity index (χ2v) is 7.48. The highest BCUT2D eigenvalue weighted by Gasteiger charge is 2.16. The molecule has 0 radical (unpaired) electrons. The van der Waals surface area contributed by atoms with Crippen molar-refractivity contribution in [2.75, 3.05) is 12.4 Å². The SMILES string of the molecule is COc1nc(-c2ccccc2C)n(-c2ccc(NC(=O)c3ccccc3Br)cc2)n1. The van der Waals surface area contributed by atoms with E-state index in [-0.39, 0.29) is 5.91 Å². The summed E-state index contributed by atoms with van der Waals surface area (Å²) in [5.41, 5.74) is 4.13. The van der Waals surface area contributed by atoms with Crippen LogP contribution in [0.3, 0.4) is 0 Å². The first-order valence-corrected chi connectivity index (χ1v) is 10.1. The smallest absolute Gasteiger partial charge is 0.336 e. The van der Waals surface area contributed by atoms with Gasteiger partial charge in [-0.3, -0.25) is 4.79 Å². The molecular weight excluding hydrogens is 444 g/mol. The second kappa shape index (κ2) is 8.51. The Morgan fingerprint density at radius 2 is 1.70 bits per heavy atom. The molecule has 0 unspecified atom stereocenters. The molecule has 7 heteroatoms. The van der Waals surface area contributed by atoms with E-state index in [9.17, 15) is 4.79 Å². The van der Waals surface area contributed by atoms with Crippen molar-refractivity contribution in [1.82, 2.24) is 14.8 Å². The molecule has 1 heterocycles. The standard InChI is InChI=1S/C23H19BrN4O2/c1-15-7-3-4-8-18(15)21-26-23(30-2)27-28(21)17-13-11-16(12-14-17)25-22(29)19-9-5-6-10-20(19)24/h3-14H,1-2H3,(H,25,29). The number of halogens is 1. The molecule has 1 aromatic heterocycles. The van der Waals surface area contributed by atoms with Gasteiger partial charge in [-0.1, -0.05) is 36.4 Å². The normalized spacial score (nSPS) is 10.6. The predicted molar refractivity (Wildman–Crippen MR) is 120 cm³/mol. The summed E-state index contributed by atoms with van der Waals surface area (Å²) in [5, 5.41) is 7.37. The molecule has 150 valence electrons. The monoisotopic (exact) mass is 462 g/mol. The zero-order chi connectivity index (χ0) is 21.1. The van der Waals surface area contributed by atoms with Gasteiger partial charge in [0.2, 0.25) is 0 Å². The van der Waals surface area contributed by atoms with E-state index in [1.54, 1.807) is 17.9 Å². The molecule has 0 saturated carbocycles. The average molecular weight is 463 g/mol. The van der Waals surface area contributed by atoms with E-state index in [1.165, 1.54) is 0 Å². The van der Waals surface area contributed by atoms with Crippen molar-refractivity contribution < 1.29 is 9.53 Å². The predicted octanol–water partition coefficient (Wildman–Crippen LogP) is 5.27. The summed E-state index contributed by atoms with van der Waals surface area (Å²) in [4.78, 5) is 17.0. The lowest BCUT2D eigenvalue weighted by molar-refractivity contribution is 0.102. The zero-order valence-corrected chi connectivity index (χ0v) is 18.1. The van der Waals surface area contributed by atoms with Gasteiger partial charge in [0.25, 0.3) is 5.91 Å². The molecule has 1 N–H and O–H groups in total. The molecule has 1 amide bonds. The van der Waals surface area contributed by atoms with Gasteiger partial charge in [0.05, 0.1) is 18.4 Å². The topological polar surface area (TPSA) is 69.0 Å². The fourth-order valence-corrected chi connectivity index (χ4v) is 3.55. The number of rotatable bonds is 5. The fourth-order valence-electron chi connectivity index (χ4n) is 3.09. The van der Waals surface area contributed by atoms with E-state index < -0.39 is 0 Å². The van der Waals surface area contributed by atoms with Gasteiger partial charge in [-0.2, -0.15) is 4.98 Å². The quantitative estimate of drug-likeness (QED) is 0.438. The molecular formula is C23H19BrN4O2. The average Bonchev–Trinajstić information content (AvgIpc) is 3.19. The number of benzene rings is 3. The molecule has 0 spiro atoms. The minimum absolute atomic E-state index is 0.182. The zero-order valence-electron chi connectivity index (χ0n) is 16.5. The third-order valence-corrected chi connectivity index (χ3v) is 5.34. The summed E-state index contributed by atoms with van der Waals surface area (Å²) >= 11 is 3.41. The molecule has 0 aliphatic heterocycles. The van der Waals surface area contributed by atoms with Crippen molar-refractivity contribution in [3.63, 3.8) is 0 Å². The summed E-state index contributed by atoms with van der Waals surface area (Å²) in [6.45, 7) is 2.03. The number of aryl methyl sites for hydroxylation is 1. The van der Waals surface area contributed by atoms with Crippen LogP contribution in [-0.4, -0.2) is 27.8 Å². The van der Waals surface area contributed by atoms with E-state index in [2.05, 4.69) is 31.3 Å². The molecule has 0 atom stereocenters. The fraction of sp³-hybridized carbons (Fsp3) is 0.0870. The number of nitrogens with zero attached hydrogens (tertiary/aromatic N) is 3. The molecule has 0 saturated heterocycles. The van der Waals surface area contributed by atoms with E-state index in [4.69, 9.17) is 4.74 Å². The van der Waals surface area contributed by atoms with Crippen molar-refractivity contribution in [2.24, 2.45) is 0 Å². The number of hydrogen-bond donors (Lipinski definition) is 1. The largest absolute Gasteiger partial charge is 0.466 e. The Morgan fingerprint density at radius 3 is 2.40 bits per heavy atom. The van der Waals surface area contributed by atoms with Crippen molar-refractivity contribution in [1.29, 1.82) is 0 Å². The van der Waals surface area contributed by atoms with Gasteiger partial charge in [-0.15, -0.1) is 5.10 Å². The highest BCUT2D eigenvalue weighted by Crippen LogP contribution is 2.27. The number of ether oxygens (including phenoxy) is 1. The van der Waals surface area contributed by atoms with Gasteiger partial charge >= 0.3 is 6.01 Å². The van der Waals surface area contributed by atoms with Crippen LogP contribution in [-0.2, 0) is 0 Å². The minimum atomic E-state index is -0.182. The molecule has 6 nitrogen and oxygen atoms in total. The van der Waals surface area contributed by atoms with E-state index in [0.29, 0.717) is 23.1 Å². The van der Waals surface area contributed by atoms with Crippen LogP contribution in [0.5, 0.6) is 6.01 Å². The molecule has 3 aromatic carbocycles. The van der Waals surface area contributed by atoms with Gasteiger partial charge < -0.3 is 10.1 Å². The highest BCUT2D eigenvalue weighted by atomic mass is 79.9. The Labute approximate surface area is 182 Å². The van der Waals surface area contributed by atoms with Gasteiger partial charge in [0.1, 0.15) is 0 Å². The number of methoxy groups -OCH3 is 1. The van der Waals surface area contributed by atoms with Crippen molar-refractivity contribution in [2.45, 2.75) is 6.92 Å². The Balaban J connectivity index is 1.64. The number of amides is 1. The third-order valence-electron chi connectivity index (χ3n) is 4.64. The Hall–Kier alpha value is -3.45. The van der Waals surface area contributed by atoms with Crippen LogP contribution in [0.2, 0.25) is 0 Å². The van der Waals surface area contributed by atoms with Crippen LogP contribution < -0.4 is 10.1 Å². The number of aromatic nitrogens is 3. The van der Waals surface area contributed by atoms with Crippen LogP contribution in [0.1, 0.15) is 15.9 Å². The highest BCUT2D eigenvalue weighted by molar-refractivity contribution is 9.10. The maximum Gasteiger partial charge on any atom is 0.336 e. The van der Waals surface area contributed by atoms with Crippen LogP contribution in [0, 0.1) is 6.92 Å². The van der Waals surface area contributed by atoms with Gasteiger partial charge in [-0.05, 0) is 64.8 Å². The summed E-state index contributed by atoms with van der Waals surface area (Å²) < 4.78 is 7.73. The van der Waals surface area contributed by atoms with E-state index in [1.807, 2.05) is 73.7 Å². The molecule has 0 fully saturated rings. The maximum atomic E-state index is 12.5. The van der Waals surface area contributed by atoms with Gasteiger partial charge in [0, 0.05) is 15.7 Å². The van der Waals surface area contributed by atoms with Crippen LogP contribution in [0.25, 0.3) is 17.1 Å². The maximum absolute atomic E-state index is 12.5. The molecule has 0 aliphatic carbocycles. The Kier molecular flexibility index (Phi) is 5.63. The van der Waals surface area contributed by atoms with Crippen LogP contribution >= 0.6 is 15.9 Å². The second-order valence-electron chi connectivity index (χ2n) is 6.63. The summed E-state index contributed by atoms with van der Waals surface area (Å²) in [6.07, 6.45) is 0. The van der Waals surface area contributed by atoms with Gasteiger partial charge in [-0.25, -0.2) is 4.68 Å². The summed E-state index contributed by atoms with van der Waals surface area (Å²) in [7, 11) is 1.54. The van der Waals surface area contributed by atoms with E-state index in [0.717, 1.165) is 21.3 Å². The number of hydrogen-bond acceptors (Lipinski definition) is 4. The first-order chi connectivity index (χ1) is 14.6. The molecule has 4 aromatic rings. The number of anilines is 1. The van der Waals surface area contributed by atoms with Gasteiger partial charge in [0.15, 0.2) is 5.82 Å². The molecule has 0 bridgehead atoms. The number of carbonyl (C=O) groups excluding carboxylic acids is 1. The molecule has 0 aliphatic rings. The summed E-state index contributed by atoms with van der Waals surface area (Å²) in [6, 6.07) is 23.0. The lowest BCUT2D eigenvalue weighted by atomic mass is 10.1.